The zero-order valence-corrected chi connectivity index (χ0v) is 21.1. The summed E-state index contributed by atoms with van der Waals surface area (Å²) < 4.78 is 1.94. The zero-order chi connectivity index (χ0) is 24.6. The normalized spacial score (nSPS) is 20.4. The summed E-state index contributed by atoms with van der Waals surface area (Å²) >= 11 is 1.64. The largest absolute Gasteiger partial charge is 0.543 e. The van der Waals surface area contributed by atoms with Crippen molar-refractivity contribution in [2.75, 3.05) is 24.7 Å². The van der Waals surface area contributed by atoms with Crippen LogP contribution in [-0.4, -0.2) is 42.0 Å². The zero-order valence-electron chi connectivity index (χ0n) is 20.3. The lowest BCUT2D eigenvalue weighted by molar-refractivity contribution is -0.689. The maximum absolute atomic E-state index is 12.8. The van der Waals surface area contributed by atoms with Gasteiger partial charge in [0.25, 0.3) is 0 Å². The van der Waals surface area contributed by atoms with E-state index in [2.05, 4.69) is 35.2 Å². The molecule has 0 radical (unpaired) electrons. The molecule has 178 valence electrons. The summed E-state index contributed by atoms with van der Waals surface area (Å²) in [6.07, 6.45) is 7.98. The van der Waals surface area contributed by atoms with Crippen LogP contribution in [0.1, 0.15) is 31.9 Å². The molecule has 0 bridgehead atoms. The number of anilines is 1. The molecule has 1 amide bonds. The fourth-order valence-electron chi connectivity index (χ4n) is 4.44. The van der Waals surface area contributed by atoms with E-state index in [0.29, 0.717) is 17.9 Å². The first-order chi connectivity index (χ1) is 16.1. The van der Waals surface area contributed by atoms with E-state index in [4.69, 9.17) is 0 Å². The predicted octanol–water partition coefficient (Wildman–Crippen LogP) is 2.79. The van der Waals surface area contributed by atoms with E-state index in [-0.39, 0.29) is 28.3 Å². The van der Waals surface area contributed by atoms with Crippen molar-refractivity contribution >= 4 is 41.5 Å². The topological polar surface area (TPSA) is 67.6 Å². The highest BCUT2D eigenvalue weighted by Crippen LogP contribution is 2.50. The third-order valence-corrected chi connectivity index (χ3v) is 7.68. The minimum atomic E-state index is -1.28. The number of carboxylic acids is 1. The van der Waals surface area contributed by atoms with Crippen LogP contribution in [0.25, 0.3) is 12.2 Å². The average molecular weight is 478 g/mol. The van der Waals surface area contributed by atoms with Crippen molar-refractivity contribution in [2.45, 2.75) is 32.7 Å². The van der Waals surface area contributed by atoms with Crippen molar-refractivity contribution in [1.29, 1.82) is 0 Å². The molecule has 3 heterocycles. The van der Waals surface area contributed by atoms with Crippen LogP contribution in [0.2, 0.25) is 0 Å². The van der Waals surface area contributed by atoms with E-state index in [0.717, 1.165) is 16.8 Å². The molecule has 6 nitrogen and oxygen atoms in total. The first-order valence-electron chi connectivity index (χ1n) is 11.4. The lowest BCUT2D eigenvalue weighted by atomic mass is 9.74. The molecule has 4 rings (SSSR count). The number of carbonyl (C=O) groups is 2. The van der Waals surface area contributed by atoms with Gasteiger partial charge in [-0.2, -0.15) is 0 Å². The second-order valence-electron chi connectivity index (χ2n) is 10.1. The van der Waals surface area contributed by atoms with Gasteiger partial charge in [-0.3, -0.25) is 9.69 Å². The Kier molecular flexibility index (Phi) is 6.58. The number of aliphatic carboxylic acids is 1. The van der Waals surface area contributed by atoms with Gasteiger partial charge >= 0.3 is 0 Å². The van der Waals surface area contributed by atoms with Gasteiger partial charge in [-0.05, 0) is 28.7 Å². The van der Waals surface area contributed by atoms with Crippen LogP contribution in [0.3, 0.4) is 0 Å². The van der Waals surface area contributed by atoms with E-state index in [1.807, 2.05) is 70.0 Å². The maximum atomic E-state index is 12.8. The third kappa shape index (κ3) is 4.75. The van der Waals surface area contributed by atoms with Crippen LogP contribution < -0.4 is 14.6 Å². The van der Waals surface area contributed by atoms with Crippen LogP contribution in [0, 0.1) is 11.3 Å². The van der Waals surface area contributed by atoms with Crippen molar-refractivity contribution in [1.82, 2.24) is 4.90 Å². The number of carbonyl (C=O) groups excluding carboxylic acids is 2. The molecule has 7 heteroatoms. The molecule has 2 aromatic rings. The molecule has 0 N–H and O–H groups in total. The molecule has 1 aromatic carbocycles. The molecule has 1 aromatic heterocycles. The lowest BCUT2D eigenvalue weighted by Gasteiger charge is -2.54. The van der Waals surface area contributed by atoms with Crippen molar-refractivity contribution in [3.05, 3.63) is 71.2 Å². The Morgan fingerprint density at radius 2 is 1.71 bits per heavy atom. The summed E-state index contributed by atoms with van der Waals surface area (Å²) in [5.74, 6) is -1.000. The van der Waals surface area contributed by atoms with Crippen LogP contribution in [0.5, 0.6) is 0 Å². The predicted molar refractivity (Wildman–Crippen MR) is 134 cm³/mol. The fraction of sp³-hybridized carbons (Fsp3) is 0.370. The number of thioether (sulfide) groups is 1. The standard InChI is InChI=1S/C27H31N3O3S/c1-27(2,3)22-24(31)30-23(26(32)33)20(17-34-25(22)30)16-29-14-12-19(13-15-29)7-6-18-8-10-21(11-9-18)28(4)5/h6-15,22,25H,16-17H2,1-5H3. The molecular weight excluding hydrogens is 446 g/mol. The van der Waals surface area contributed by atoms with E-state index in [1.165, 1.54) is 4.90 Å². The third-order valence-electron chi connectivity index (χ3n) is 6.34. The molecule has 2 unspecified atom stereocenters. The van der Waals surface area contributed by atoms with Crippen molar-refractivity contribution in [3.63, 3.8) is 0 Å². The Morgan fingerprint density at radius 1 is 1.12 bits per heavy atom. The molecule has 0 spiro atoms. The molecule has 2 aliphatic rings. The molecule has 2 aliphatic heterocycles. The summed E-state index contributed by atoms with van der Waals surface area (Å²) in [6, 6.07) is 12.3. The quantitative estimate of drug-likeness (QED) is 0.473. The average Bonchev–Trinajstić information content (AvgIpc) is 2.77. The van der Waals surface area contributed by atoms with Gasteiger partial charge in [-0.25, -0.2) is 4.57 Å². The Hall–Kier alpha value is -3.06. The van der Waals surface area contributed by atoms with Gasteiger partial charge < -0.3 is 14.8 Å². The van der Waals surface area contributed by atoms with Crippen LogP contribution in [0.4, 0.5) is 5.69 Å². The minimum absolute atomic E-state index is 0.0480. The SMILES string of the molecule is CN(C)c1ccc(/C=C/c2cc[n+](CC3=C(C(=O)[O-])N4C(=O)C(C(C)(C)C)C4SC3)cc2)cc1. The van der Waals surface area contributed by atoms with E-state index < -0.39 is 5.97 Å². The van der Waals surface area contributed by atoms with E-state index >= 15 is 0 Å². The van der Waals surface area contributed by atoms with Gasteiger partial charge in [-0.15, -0.1) is 11.8 Å². The molecule has 0 saturated carbocycles. The number of fused-ring (bicyclic) bond motifs is 1. The first-order valence-corrected chi connectivity index (χ1v) is 12.4. The summed E-state index contributed by atoms with van der Waals surface area (Å²) in [7, 11) is 4.04. The van der Waals surface area contributed by atoms with Gasteiger partial charge in [0.2, 0.25) is 5.91 Å². The summed E-state index contributed by atoms with van der Waals surface area (Å²) in [6.45, 7) is 6.48. The molecule has 0 aliphatic carbocycles. The number of aromatic nitrogens is 1. The lowest BCUT2D eigenvalue weighted by Crippen LogP contribution is -2.66. The molecule has 2 atom stereocenters. The summed E-state index contributed by atoms with van der Waals surface area (Å²) in [5, 5.41) is 11.9. The maximum Gasteiger partial charge on any atom is 0.234 e. The number of pyridine rings is 1. The van der Waals surface area contributed by atoms with Crippen LogP contribution in [0.15, 0.2) is 60.1 Å². The van der Waals surface area contributed by atoms with E-state index in [9.17, 15) is 14.7 Å². The van der Waals surface area contributed by atoms with Crippen LogP contribution >= 0.6 is 11.8 Å². The molecule has 34 heavy (non-hydrogen) atoms. The van der Waals surface area contributed by atoms with Gasteiger partial charge in [0.05, 0.1) is 23.0 Å². The minimum Gasteiger partial charge on any atom is -0.543 e. The smallest absolute Gasteiger partial charge is 0.234 e. The Bertz CT molecular complexity index is 1150. The number of benzene rings is 1. The number of carboxylic acid groups (broad SMARTS) is 1. The monoisotopic (exact) mass is 477 g/mol. The Morgan fingerprint density at radius 3 is 2.24 bits per heavy atom. The molecule has 1 saturated heterocycles. The van der Waals surface area contributed by atoms with Gasteiger partial charge in [0.1, 0.15) is 0 Å². The number of amides is 1. The fourth-order valence-corrected chi connectivity index (χ4v) is 6.12. The highest BCUT2D eigenvalue weighted by atomic mass is 32.2. The number of β-lactam (4-membered cyclic amide) rings is 1. The van der Waals surface area contributed by atoms with Gasteiger partial charge in [-0.1, -0.05) is 45.1 Å². The van der Waals surface area contributed by atoms with Crippen molar-refractivity contribution < 1.29 is 19.3 Å². The van der Waals surface area contributed by atoms with Gasteiger partial charge in [0.15, 0.2) is 18.9 Å². The number of hydrogen-bond acceptors (Lipinski definition) is 5. The highest BCUT2D eigenvalue weighted by molar-refractivity contribution is 8.00. The van der Waals surface area contributed by atoms with Crippen molar-refractivity contribution in [2.24, 2.45) is 11.3 Å². The number of rotatable bonds is 6. The molecular formula is C27H31N3O3S. The van der Waals surface area contributed by atoms with Crippen molar-refractivity contribution in [3.8, 4) is 0 Å². The van der Waals surface area contributed by atoms with E-state index in [1.54, 1.807) is 11.8 Å². The summed E-state index contributed by atoms with van der Waals surface area (Å²) in [5.41, 5.74) is 3.87. The van der Waals surface area contributed by atoms with Gasteiger partial charge in [0, 0.05) is 43.2 Å². The second kappa shape index (κ2) is 9.29. The highest BCUT2D eigenvalue weighted by Gasteiger charge is 2.56. The molecule has 1 fully saturated rings. The first kappa shape index (κ1) is 24.1. The Labute approximate surface area is 205 Å². The number of hydrogen-bond donors (Lipinski definition) is 0. The number of nitrogens with zero attached hydrogens (tertiary/aromatic N) is 3. The summed E-state index contributed by atoms with van der Waals surface area (Å²) in [4.78, 5) is 28.3. The Balaban J connectivity index is 1.48. The second-order valence-corrected chi connectivity index (χ2v) is 11.2. The van der Waals surface area contributed by atoms with Crippen LogP contribution in [-0.2, 0) is 16.1 Å².